The number of halogens is 2. The van der Waals surface area contributed by atoms with Crippen LogP contribution in [0, 0.1) is 5.82 Å². The van der Waals surface area contributed by atoms with Crippen molar-refractivity contribution in [2.24, 2.45) is 0 Å². The van der Waals surface area contributed by atoms with Crippen LogP contribution in [0.3, 0.4) is 0 Å². The van der Waals surface area contributed by atoms with Crippen molar-refractivity contribution in [1.29, 1.82) is 0 Å². The fraction of sp³-hybridized carbons (Fsp3) is 0.273. The van der Waals surface area contributed by atoms with E-state index in [0.717, 1.165) is 5.57 Å². The molecule has 1 aromatic carbocycles. The molecule has 76 valence electrons. The monoisotopic (exact) mass is 214 g/mol. The quantitative estimate of drug-likeness (QED) is 0.801. The Morgan fingerprint density at radius 2 is 2.21 bits per heavy atom. The van der Waals surface area contributed by atoms with Gasteiger partial charge in [0.15, 0.2) is 0 Å². The molecule has 0 aromatic heterocycles. The van der Waals surface area contributed by atoms with E-state index in [-0.39, 0.29) is 5.02 Å². The summed E-state index contributed by atoms with van der Waals surface area (Å²) in [6.45, 7) is 3.45. The second-order valence-corrected chi connectivity index (χ2v) is 3.65. The summed E-state index contributed by atoms with van der Waals surface area (Å²) in [6.07, 6.45) is 1.21. The van der Waals surface area contributed by atoms with Gasteiger partial charge in [0.1, 0.15) is 5.82 Å². The van der Waals surface area contributed by atoms with Gasteiger partial charge in [-0.05, 0) is 37.1 Å². The van der Waals surface area contributed by atoms with Crippen LogP contribution in [-0.2, 0) is 0 Å². The molecule has 0 radical (unpaired) electrons. The molecule has 1 rings (SSSR count). The first kappa shape index (κ1) is 11.2. The van der Waals surface area contributed by atoms with Gasteiger partial charge in [-0.3, -0.25) is 0 Å². The number of hydrogen-bond acceptors (Lipinski definition) is 1. The third-order valence-electron chi connectivity index (χ3n) is 2.00. The van der Waals surface area contributed by atoms with E-state index >= 15 is 0 Å². The van der Waals surface area contributed by atoms with Crippen molar-refractivity contribution in [3.05, 3.63) is 40.2 Å². The van der Waals surface area contributed by atoms with Crippen LogP contribution < -0.4 is 0 Å². The molecular formula is C11H12ClFO. The van der Waals surface area contributed by atoms with E-state index in [2.05, 4.69) is 0 Å². The minimum atomic E-state index is -0.520. The Balaban J connectivity index is 2.98. The number of aliphatic hydroxyl groups excluding tert-OH is 1. The molecule has 1 unspecified atom stereocenters. The Kier molecular flexibility index (Phi) is 3.67. The molecule has 0 saturated heterocycles. The second kappa shape index (κ2) is 4.58. The lowest BCUT2D eigenvalue weighted by molar-refractivity contribution is 0.232. The third-order valence-corrected chi connectivity index (χ3v) is 2.30. The van der Waals surface area contributed by atoms with E-state index in [9.17, 15) is 9.50 Å². The van der Waals surface area contributed by atoms with Crippen LogP contribution in [0.2, 0.25) is 5.02 Å². The average Bonchev–Trinajstić information content (AvgIpc) is 2.11. The molecule has 3 heteroatoms. The van der Waals surface area contributed by atoms with Crippen LogP contribution in [0.4, 0.5) is 4.39 Å². The van der Waals surface area contributed by atoms with Gasteiger partial charge in [0.25, 0.3) is 0 Å². The summed E-state index contributed by atoms with van der Waals surface area (Å²) < 4.78 is 13.0. The summed E-state index contributed by atoms with van der Waals surface area (Å²) >= 11 is 5.53. The van der Waals surface area contributed by atoms with Crippen molar-refractivity contribution in [2.75, 3.05) is 0 Å². The van der Waals surface area contributed by atoms with Crippen molar-refractivity contribution in [1.82, 2.24) is 0 Å². The highest BCUT2D eigenvalue weighted by molar-refractivity contribution is 6.30. The van der Waals surface area contributed by atoms with Gasteiger partial charge in [-0.1, -0.05) is 23.7 Å². The largest absolute Gasteiger partial charge is 0.389 e. The number of aliphatic hydroxyl groups is 1. The Morgan fingerprint density at radius 1 is 1.57 bits per heavy atom. The summed E-state index contributed by atoms with van der Waals surface area (Å²) in [7, 11) is 0. The van der Waals surface area contributed by atoms with E-state index in [1.165, 1.54) is 12.1 Å². The lowest BCUT2D eigenvalue weighted by Crippen LogP contribution is -2.00. The molecule has 1 nitrogen and oxygen atoms in total. The molecule has 0 spiro atoms. The molecule has 0 heterocycles. The molecule has 0 bridgehead atoms. The molecule has 1 atom stereocenters. The summed E-state index contributed by atoms with van der Waals surface area (Å²) in [5, 5.41) is 9.33. The second-order valence-electron chi connectivity index (χ2n) is 3.24. The zero-order valence-corrected chi connectivity index (χ0v) is 8.85. The Morgan fingerprint density at radius 3 is 2.71 bits per heavy atom. The average molecular weight is 215 g/mol. The van der Waals surface area contributed by atoms with Crippen LogP contribution in [0.25, 0.3) is 6.08 Å². The first-order valence-corrected chi connectivity index (χ1v) is 4.70. The van der Waals surface area contributed by atoms with Crippen molar-refractivity contribution in [3.63, 3.8) is 0 Å². The summed E-state index contributed by atoms with van der Waals surface area (Å²) in [4.78, 5) is 0. The Labute approximate surface area is 87.8 Å². The highest BCUT2D eigenvalue weighted by Crippen LogP contribution is 2.17. The van der Waals surface area contributed by atoms with Crippen LogP contribution in [-0.4, -0.2) is 11.2 Å². The first-order valence-electron chi connectivity index (χ1n) is 4.32. The van der Waals surface area contributed by atoms with E-state index in [1.807, 2.05) is 0 Å². The van der Waals surface area contributed by atoms with Gasteiger partial charge >= 0.3 is 0 Å². The summed E-state index contributed by atoms with van der Waals surface area (Å²) in [6, 6.07) is 4.55. The number of hydrogen-bond donors (Lipinski definition) is 1. The molecule has 1 aromatic rings. The van der Waals surface area contributed by atoms with Gasteiger partial charge < -0.3 is 5.11 Å². The predicted octanol–water partition coefficient (Wildman–Crippen LogP) is 3.26. The molecule has 0 aliphatic rings. The van der Waals surface area contributed by atoms with Gasteiger partial charge in [0.2, 0.25) is 0 Å². The van der Waals surface area contributed by atoms with Crippen molar-refractivity contribution >= 4 is 17.7 Å². The SMILES string of the molecule is C/C(=C\c1ccc(Cl)c(F)c1)C(C)O. The van der Waals surface area contributed by atoms with E-state index < -0.39 is 11.9 Å². The van der Waals surface area contributed by atoms with Gasteiger partial charge in [-0.15, -0.1) is 0 Å². The van der Waals surface area contributed by atoms with Crippen LogP contribution in [0.1, 0.15) is 19.4 Å². The molecule has 0 fully saturated rings. The number of benzene rings is 1. The normalized spacial score (nSPS) is 14.2. The first-order chi connectivity index (χ1) is 6.50. The highest BCUT2D eigenvalue weighted by Gasteiger charge is 2.01. The lowest BCUT2D eigenvalue weighted by atomic mass is 10.1. The molecular weight excluding hydrogens is 203 g/mol. The van der Waals surface area contributed by atoms with Gasteiger partial charge in [0, 0.05) is 0 Å². The van der Waals surface area contributed by atoms with E-state index in [1.54, 1.807) is 26.0 Å². The smallest absolute Gasteiger partial charge is 0.142 e. The topological polar surface area (TPSA) is 20.2 Å². The Hall–Kier alpha value is -0.860. The minimum Gasteiger partial charge on any atom is -0.389 e. The molecule has 0 aliphatic carbocycles. The molecule has 14 heavy (non-hydrogen) atoms. The maximum Gasteiger partial charge on any atom is 0.142 e. The maximum atomic E-state index is 13.0. The van der Waals surface area contributed by atoms with Crippen LogP contribution in [0.5, 0.6) is 0 Å². The summed E-state index contributed by atoms with van der Waals surface area (Å²) in [5.41, 5.74) is 1.48. The predicted molar refractivity (Wildman–Crippen MR) is 56.7 cm³/mol. The zero-order valence-electron chi connectivity index (χ0n) is 8.09. The van der Waals surface area contributed by atoms with Crippen LogP contribution >= 0.6 is 11.6 Å². The molecule has 0 saturated carbocycles. The minimum absolute atomic E-state index is 0.108. The van der Waals surface area contributed by atoms with Crippen LogP contribution in [0.15, 0.2) is 23.8 Å². The fourth-order valence-electron chi connectivity index (χ4n) is 0.986. The molecule has 0 amide bonds. The van der Waals surface area contributed by atoms with E-state index in [4.69, 9.17) is 11.6 Å². The van der Waals surface area contributed by atoms with Crippen molar-refractivity contribution < 1.29 is 9.50 Å². The lowest BCUT2D eigenvalue weighted by Gasteiger charge is -2.04. The standard InChI is InChI=1S/C11H12ClFO/c1-7(8(2)14)5-9-3-4-10(12)11(13)6-9/h3-6,8,14H,1-2H3/b7-5+. The van der Waals surface area contributed by atoms with Crippen molar-refractivity contribution in [3.8, 4) is 0 Å². The van der Waals surface area contributed by atoms with E-state index in [0.29, 0.717) is 5.56 Å². The third kappa shape index (κ3) is 2.82. The Bertz CT molecular complexity index is 358. The van der Waals surface area contributed by atoms with Crippen molar-refractivity contribution in [2.45, 2.75) is 20.0 Å². The van der Waals surface area contributed by atoms with Gasteiger partial charge in [0.05, 0.1) is 11.1 Å². The summed E-state index contributed by atoms with van der Waals surface area (Å²) in [5.74, 6) is -0.446. The van der Waals surface area contributed by atoms with Gasteiger partial charge in [-0.25, -0.2) is 4.39 Å². The van der Waals surface area contributed by atoms with Gasteiger partial charge in [-0.2, -0.15) is 0 Å². The fourth-order valence-corrected chi connectivity index (χ4v) is 1.10. The maximum absolute atomic E-state index is 13.0. The number of rotatable bonds is 2. The zero-order chi connectivity index (χ0) is 10.7. The highest BCUT2D eigenvalue weighted by atomic mass is 35.5. The molecule has 0 aliphatic heterocycles. The molecule has 1 N–H and O–H groups in total.